The molecule has 0 aliphatic rings. The molecule has 1 amide bonds. The van der Waals surface area contributed by atoms with E-state index in [4.69, 9.17) is 0 Å². The molecule has 1 atom stereocenters. The van der Waals surface area contributed by atoms with E-state index in [0.717, 1.165) is 24.3 Å². The average Bonchev–Trinajstić information content (AvgIpc) is 2.88. The number of nitrogens with one attached hydrogen (secondary N) is 2. The summed E-state index contributed by atoms with van der Waals surface area (Å²) in [6.07, 6.45) is 4.49. The van der Waals surface area contributed by atoms with Crippen LogP contribution in [0.15, 0.2) is 30.5 Å². The molecule has 0 aliphatic carbocycles. The lowest BCUT2D eigenvalue weighted by molar-refractivity contribution is -0.121. The zero-order valence-corrected chi connectivity index (χ0v) is 13.6. The number of hydrogen-bond acceptors (Lipinski definition) is 2. The summed E-state index contributed by atoms with van der Waals surface area (Å²) in [6, 6.07) is 8.56. The second-order valence-electron chi connectivity index (χ2n) is 5.34. The molecule has 0 spiro atoms. The Morgan fingerprint density at radius 3 is 3.00 bits per heavy atom. The van der Waals surface area contributed by atoms with Gasteiger partial charge in [-0.3, -0.25) is 4.79 Å². The number of H-pyrrole nitrogens is 1. The van der Waals surface area contributed by atoms with Gasteiger partial charge < -0.3 is 10.3 Å². The molecule has 1 aromatic carbocycles. The van der Waals surface area contributed by atoms with Crippen LogP contribution < -0.4 is 5.32 Å². The SMILES string of the molecule is CCSCC(C)NC(=O)CCCc1c[nH]c2ccccc12. The largest absolute Gasteiger partial charge is 0.361 e. The minimum Gasteiger partial charge on any atom is -0.361 e. The predicted octanol–water partition coefficient (Wildman–Crippen LogP) is 3.75. The van der Waals surface area contributed by atoms with Gasteiger partial charge in [-0.25, -0.2) is 0 Å². The van der Waals surface area contributed by atoms with Crippen LogP contribution in [0, 0.1) is 0 Å². The highest BCUT2D eigenvalue weighted by Crippen LogP contribution is 2.19. The van der Waals surface area contributed by atoms with Crippen molar-refractivity contribution in [1.29, 1.82) is 0 Å². The number of fused-ring (bicyclic) bond motifs is 1. The van der Waals surface area contributed by atoms with E-state index in [1.807, 2.05) is 17.8 Å². The zero-order chi connectivity index (χ0) is 15.1. The van der Waals surface area contributed by atoms with Crippen molar-refractivity contribution in [2.45, 2.75) is 39.2 Å². The van der Waals surface area contributed by atoms with Gasteiger partial charge in [-0.1, -0.05) is 25.1 Å². The van der Waals surface area contributed by atoms with Crippen LogP contribution in [0.1, 0.15) is 32.3 Å². The Bertz CT molecular complexity index is 579. The molecule has 0 bridgehead atoms. The lowest BCUT2D eigenvalue weighted by Gasteiger charge is -2.12. The lowest BCUT2D eigenvalue weighted by Crippen LogP contribution is -2.34. The first-order valence-electron chi connectivity index (χ1n) is 7.62. The molecule has 1 aromatic heterocycles. The third-order valence-electron chi connectivity index (χ3n) is 3.50. The van der Waals surface area contributed by atoms with Crippen LogP contribution in [-0.2, 0) is 11.2 Å². The summed E-state index contributed by atoms with van der Waals surface area (Å²) in [4.78, 5) is 15.2. The normalized spacial score (nSPS) is 12.5. The van der Waals surface area contributed by atoms with E-state index in [2.05, 4.69) is 48.5 Å². The van der Waals surface area contributed by atoms with Gasteiger partial charge in [0.2, 0.25) is 5.91 Å². The van der Waals surface area contributed by atoms with Crippen molar-refractivity contribution in [2.75, 3.05) is 11.5 Å². The highest BCUT2D eigenvalue weighted by Gasteiger charge is 2.08. The Kier molecular flexibility index (Phi) is 6.18. The Morgan fingerprint density at radius 2 is 2.19 bits per heavy atom. The fourth-order valence-electron chi connectivity index (χ4n) is 2.46. The number of thioether (sulfide) groups is 1. The molecule has 0 saturated carbocycles. The van der Waals surface area contributed by atoms with E-state index in [0.29, 0.717) is 6.42 Å². The molecule has 1 heterocycles. The van der Waals surface area contributed by atoms with Crippen molar-refractivity contribution in [1.82, 2.24) is 10.3 Å². The van der Waals surface area contributed by atoms with Gasteiger partial charge in [-0.15, -0.1) is 0 Å². The van der Waals surface area contributed by atoms with Gasteiger partial charge in [0.25, 0.3) is 0 Å². The first-order valence-corrected chi connectivity index (χ1v) is 8.78. The molecule has 0 radical (unpaired) electrons. The Labute approximate surface area is 130 Å². The van der Waals surface area contributed by atoms with Crippen LogP contribution in [0.25, 0.3) is 10.9 Å². The van der Waals surface area contributed by atoms with Crippen molar-refractivity contribution in [2.24, 2.45) is 0 Å². The van der Waals surface area contributed by atoms with Crippen molar-refractivity contribution >= 4 is 28.6 Å². The van der Waals surface area contributed by atoms with E-state index >= 15 is 0 Å². The van der Waals surface area contributed by atoms with Crippen molar-refractivity contribution in [3.63, 3.8) is 0 Å². The van der Waals surface area contributed by atoms with Crippen LogP contribution in [0.3, 0.4) is 0 Å². The van der Waals surface area contributed by atoms with Gasteiger partial charge in [-0.2, -0.15) is 11.8 Å². The Morgan fingerprint density at radius 1 is 1.38 bits per heavy atom. The summed E-state index contributed by atoms with van der Waals surface area (Å²) in [6.45, 7) is 4.21. The molecule has 1 unspecified atom stereocenters. The Hall–Kier alpha value is -1.42. The van der Waals surface area contributed by atoms with Crippen molar-refractivity contribution < 1.29 is 4.79 Å². The van der Waals surface area contributed by atoms with Gasteiger partial charge in [-0.05, 0) is 37.1 Å². The lowest BCUT2D eigenvalue weighted by atomic mass is 10.1. The summed E-state index contributed by atoms with van der Waals surface area (Å²) in [5.74, 6) is 2.25. The third kappa shape index (κ3) is 4.81. The van der Waals surface area contributed by atoms with E-state index in [1.165, 1.54) is 16.5 Å². The summed E-state index contributed by atoms with van der Waals surface area (Å²) in [5, 5.41) is 4.33. The van der Waals surface area contributed by atoms with Crippen LogP contribution >= 0.6 is 11.8 Å². The fourth-order valence-corrected chi connectivity index (χ4v) is 3.13. The molecular weight excluding hydrogens is 280 g/mol. The van der Waals surface area contributed by atoms with Gasteiger partial charge in [0, 0.05) is 35.3 Å². The monoisotopic (exact) mass is 304 g/mol. The molecule has 114 valence electrons. The second kappa shape index (κ2) is 8.13. The Balaban J connectivity index is 1.75. The minimum atomic E-state index is 0.166. The van der Waals surface area contributed by atoms with Crippen LogP contribution in [0.5, 0.6) is 0 Å². The van der Waals surface area contributed by atoms with E-state index in [9.17, 15) is 4.79 Å². The fraction of sp³-hybridized carbons (Fsp3) is 0.471. The maximum atomic E-state index is 11.9. The number of benzene rings is 1. The number of amides is 1. The molecule has 0 aliphatic heterocycles. The van der Waals surface area contributed by atoms with E-state index < -0.39 is 0 Å². The summed E-state index contributed by atoms with van der Waals surface area (Å²) >= 11 is 1.86. The number of para-hydroxylation sites is 1. The van der Waals surface area contributed by atoms with Gasteiger partial charge in [0.15, 0.2) is 0 Å². The number of carbonyl (C=O) groups excluding carboxylic acids is 1. The van der Waals surface area contributed by atoms with Crippen LogP contribution in [-0.4, -0.2) is 28.4 Å². The molecule has 2 aromatic rings. The van der Waals surface area contributed by atoms with Crippen LogP contribution in [0.2, 0.25) is 0 Å². The first kappa shape index (κ1) is 16.0. The van der Waals surface area contributed by atoms with Crippen molar-refractivity contribution in [3.05, 3.63) is 36.0 Å². The first-order chi connectivity index (χ1) is 10.2. The molecule has 0 saturated heterocycles. The molecule has 2 N–H and O–H groups in total. The number of rotatable bonds is 8. The van der Waals surface area contributed by atoms with Gasteiger partial charge in [0.05, 0.1) is 0 Å². The van der Waals surface area contributed by atoms with E-state index in [1.54, 1.807) is 0 Å². The topological polar surface area (TPSA) is 44.9 Å². The van der Waals surface area contributed by atoms with Gasteiger partial charge in [0.1, 0.15) is 0 Å². The minimum absolute atomic E-state index is 0.166. The predicted molar refractivity (Wildman–Crippen MR) is 91.8 cm³/mol. The molecular formula is C17H24N2OS. The average molecular weight is 304 g/mol. The second-order valence-corrected chi connectivity index (χ2v) is 6.66. The molecule has 21 heavy (non-hydrogen) atoms. The molecule has 2 rings (SSSR count). The summed E-state index contributed by atoms with van der Waals surface area (Å²) in [5.41, 5.74) is 2.47. The third-order valence-corrected chi connectivity index (χ3v) is 4.65. The molecule has 0 fully saturated rings. The highest BCUT2D eigenvalue weighted by atomic mass is 32.2. The van der Waals surface area contributed by atoms with Gasteiger partial charge >= 0.3 is 0 Å². The molecule has 4 heteroatoms. The number of carbonyl (C=O) groups is 1. The standard InChI is InChI=1S/C17H24N2OS/c1-3-21-12-13(2)19-17(20)10-6-7-14-11-18-16-9-5-4-8-15(14)16/h4-5,8-9,11,13,18H,3,6-7,10,12H2,1-2H3,(H,19,20). The maximum absolute atomic E-state index is 11.9. The van der Waals surface area contributed by atoms with E-state index in [-0.39, 0.29) is 11.9 Å². The van der Waals surface area contributed by atoms with Crippen LogP contribution in [0.4, 0.5) is 0 Å². The zero-order valence-electron chi connectivity index (χ0n) is 12.8. The smallest absolute Gasteiger partial charge is 0.220 e. The summed E-state index contributed by atoms with van der Waals surface area (Å²) < 4.78 is 0. The molecule has 3 nitrogen and oxygen atoms in total. The highest BCUT2D eigenvalue weighted by molar-refractivity contribution is 7.99. The maximum Gasteiger partial charge on any atom is 0.220 e. The number of aromatic nitrogens is 1. The number of aromatic amines is 1. The summed E-state index contributed by atoms with van der Waals surface area (Å²) in [7, 11) is 0. The number of aryl methyl sites for hydroxylation is 1. The quantitative estimate of drug-likeness (QED) is 0.780. The van der Waals surface area contributed by atoms with Crippen molar-refractivity contribution in [3.8, 4) is 0 Å². The number of hydrogen-bond donors (Lipinski definition) is 2.